The number of anilines is 2. The van der Waals surface area contributed by atoms with Gasteiger partial charge >= 0.3 is 18.2 Å². The molecule has 1 saturated carbocycles. The standard InChI is InChI=1S/C25H21F3N4O4/c26-25(27,28)16-3-1-4-17(11-16)31-24(36)32-21-10-8-15(13-30-21)14-7-9-20(29-12-14)22(33)18-5-2-6-19(18)23(34)35/h1,3-4,7-13,18-19H,2,5-6H2,(H,34,35)(H2,30,31,32,36)/t18-,19-/m0/s1. The minimum Gasteiger partial charge on any atom is -0.481 e. The molecule has 1 fully saturated rings. The number of urea groups is 1. The van der Waals surface area contributed by atoms with E-state index in [1.54, 1.807) is 18.2 Å². The van der Waals surface area contributed by atoms with E-state index in [9.17, 15) is 32.7 Å². The van der Waals surface area contributed by atoms with Crippen molar-refractivity contribution in [3.05, 3.63) is 72.2 Å². The molecule has 4 rings (SSSR count). The van der Waals surface area contributed by atoms with E-state index >= 15 is 0 Å². The van der Waals surface area contributed by atoms with Crippen molar-refractivity contribution in [1.29, 1.82) is 0 Å². The van der Waals surface area contributed by atoms with Gasteiger partial charge in [-0.05, 0) is 49.2 Å². The third-order valence-corrected chi connectivity index (χ3v) is 5.97. The minimum absolute atomic E-state index is 0.0214. The van der Waals surface area contributed by atoms with E-state index in [1.807, 2.05) is 0 Å². The van der Waals surface area contributed by atoms with E-state index in [4.69, 9.17) is 0 Å². The first-order valence-corrected chi connectivity index (χ1v) is 11.1. The zero-order valence-corrected chi connectivity index (χ0v) is 18.7. The van der Waals surface area contributed by atoms with E-state index in [0.717, 1.165) is 12.1 Å². The van der Waals surface area contributed by atoms with Gasteiger partial charge in [-0.3, -0.25) is 19.9 Å². The summed E-state index contributed by atoms with van der Waals surface area (Å²) in [6, 6.07) is 9.88. The smallest absolute Gasteiger partial charge is 0.416 e. The van der Waals surface area contributed by atoms with Crippen LogP contribution in [0.25, 0.3) is 11.1 Å². The third kappa shape index (κ3) is 5.68. The van der Waals surface area contributed by atoms with Crippen LogP contribution in [0.2, 0.25) is 0 Å². The molecular formula is C25H21F3N4O4. The molecule has 8 nitrogen and oxygen atoms in total. The molecule has 0 saturated heterocycles. The number of hydrogen-bond donors (Lipinski definition) is 3. The van der Waals surface area contributed by atoms with Crippen LogP contribution in [-0.4, -0.2) is 32.9 Å². The Morgan fingerprint density at radius 3 is 2.19 bits per heavy atom. The normalized spacial score (nSPS) is 17.4. The number of Topliss-reactive ketones (excluding diaryl/α,β-unsaturated/α-hetero) is 1. The summed E-state index contributed by atoms with van der Waals surface area (Å²) in [5, 5.41) is 14.1. The van der Waals surface area contributed by atoms with Crippen molar-refractivity contribution < 1.29 is 32.7 Å². The maximum Gasteiger partial charge on any atom is 0.416 e. The Morgan fingerprint density at radius 1 is 0.889 bits per heavy atom. The SMILES string of the molecule is O=C(Nc1cccc(C(F)(F)F)c1)Nc1ccc(-c2ccc(C(=O)[C@H]3CCC[C@@H]3C(=O)O)nc2)cn1. The summed E-state index contributed by atoms with van der Waals surface area (Å²) in [5.41, 5.74) is 0.602. The molecule has 3 N–H and O–H groups in total. The minimum atomic E-state index is -4.52. The molecule has 0 spiro atoms. The largest absolute Gasteiger partial charge is 0.481 e. The molecule has 0 radical (unpaired) electrons. The molecule has 3 aromatic rings. The molecule has 0 unspecified atom stereocenters. The highest BCUT2D eigenvalue weighted by Crippen LogP contribution is 2.34. The van der Waals surface area contributed by atoms with Crippen LogP contribution in [0.15, 0.2) is 60.9 Å². The second kappa shape index (κ2) is 10.1. The van der Waals surface area contributed by atoms with Crippen LogP contribution >= 0.6 is 0 Å². The van der Waals surface area contributed by atoms with E-state index < -0.39 is 35.6 Å². The molecule has 0 bridgehead atoms. The van der Waals surface area contributed by atoms with Crippen LogP contribution < -0.4 is 10.6 Å². The number of carboxylic acid groups (broad SMARTS) is 1. The highest BCUT2D eigenvalue weighted by atomic mass is 19.4. The van der Waals surface area contributed by atoms with Crippen molar-refractivity contribution in [1.82, 2.24) is 9.97 Å². The molecule has 2 heterocycles. The Labute approximate surface area is 203 Å². The maximum atomic E-state index is 12.8. The number of aromatic nitrogens is 2. The van der Waals surface area contributed by atoms with Gasteiger partial charge < -0.3 is 10.4 Å². The van der Waals surface area contributed by atoms with Crippen LogP contribution in [0.4, 0.5) is 29.5 Å². The molecule has 2 amide bonds. The van der Waals surface area contributed by atoms with Gasteiger partial charge in [0.1, 0.15) is 11.5 Å². The van der Waals surface area contributed by atoms with Crippen LogP contribution in [0, 0.1) is 11.8 Å². The molecule has 1 aliphatic carbocycles. The molecule has 2 atom stereocenters. The monoisotopic (exact) mass is 498 g/mol. The summed E-state index contributed by atoms with van der Waals surface area (Å²) in [5.74, 6) is -2.34. The van der Waals surface area contributed by atoms with E-state index in [1.165, 1.54) is 30.6 Å². The molecule has 1 aliphatic rings. The molecule has 0 aliphatic heterocycles. The highest BCUT2D eigenvalue weighted by molar-refractivity contribution is 6.00. The second-order valence-electron chi connectivity index (χ2n) is 8.37. The second-order valence-corrected chi connectivity index (χ2v) is 8.37. The lowest BCUT2D eigenvalue weighted by molar-refractivity contribution is -0.142. The van der Waals surface area contributed by atoms with Crippen molar-refractivity contribution in [2.24, 2.45) is 11.8 Å². The lowest BCUT2D eigenvalue weighted by Gasteiger charge is -2.14. The Kier molecular flexibility index (Phi) is 7.00. The number of benzene rings is 1. The number of ketones is 1. The third-order valence-electron chi connectivity index (χ3n) is 5.97. The summed E-state index contributed by atoms with van der Waals surface area (Å²) in [4.78, 5) is 44.6. The lowest BCUT2D eigenvalue weighted by atomic mass is 9.90. The fraction of sp³-hybridized carbons (Fsp3) is 0.240. The summed E-state index contributed by atoms with van der Waals surface area (Å²) in [6.07, 6.45) is 0.129. The molecule has 186 valence electrons. The number of nitrogens with one attached hydrogen (secondary N) is 2. The van der Waals surface area contributed by atoms with Crippen LogP contribution in [-0.2, 0) is 11.0 Å². The summed E-state index contributed by atoms with van der Waals surface area (Å²) in [6.45, 7) is 0. The topological polar surface area (TPSA) is 121 Å². The van der Waals surface area contributed by atoms with Crippen LogP contribution in [0.5, 0.6) is 0 Å². The van der Waals surface area contributed by atoms with Crippen molar-refractivity contribution in [3.63, 3.8) is 0 Å². The molecule has 2 aromatic heterocycles. The van der Waals surface area contributed by atoms with Crippen LogP contribution in [0.3, 0.4) is 0 Å². The zero-order chi connectivity index (χ0) is 25.9. The highest BCUT2D eigenvalue weighted by Gasteiger charge is 2.38. The Hall–Kier alpha value is -4.28. The molecule has 1 aromatic carbocycles. The first-order chi connectivity index (χ1) is 17.1. The number of aliphatic carboxylic acids is 1. The van der Waals surface area contributed by atoms with Gasteiger partial charge in [0.15, 0.2) is 5.78 Å². The zero-order valence-electron chi connectivity index (χ0n) is 18.7. The van der Waals surface area contributed by atoms with Crippen LogP contribution in [0.1, 0.15) is 35.3 Å². The predicted molar refractivity (Wildman–Crippen MR) is 124 cm³/mol. The quantitative estimate of drug-likeness (QED) is 0.387. The first-order valence-electron chi connectivity index (χ1n) is 11.1. The number of halogens is 3. The van der Waals surface area contributed by atoms with Gasteiger partial charge in [0.05, 0.1) is 11.5 Å². The number of amides is 2. The molecular weight excluding hydrogens is 477 g/mol. The average Bonchev–Trinajstić information content (AvgIpc) is 3.34. The number of carbonyl (C=O) groups is 3. The first kappa shape index (κ1) is 24.8. The van der Waals surface area contributed by atoms with Crippen molar-refractivity contribution in [3.8, 4) is 11.1 Å². The average molecular weight is 498 g/mol. The van der Waals surface area contributed by atoms with Crippen molar-refractivity contribution in [2.45, 2.75) is 25.4 Å². The van der Waals surface area contributed by atoms with E-state index in [0.29, 0.717) is 30.4 Å². The molecule has 36 heavy (non-hydrogen) atoms. The van der Waals surface area contributed by atoms with E-state index in [2.05, 4.69) is 20.6 Å². The Morgan fingerprint density at radius 2 is 1.58 bits per heavy atom. The fourth-order valence-electron chi connectivity index (χ4n) is 4.16. The van der Waals surface area contributed by atoms with Gasteiger partial charge in [-0.25, -0.2) is 9.78 Å². The van der Waals surface area contributed by atoms with Gasteiger partial charge in [0.25, 0.3) is 0 Å². The Balaban J connectivity index is 1.38. The van der Waals surface area contributed by atoms with Gasteiger partial charge in [-0.15, -0.1) is 0 Å². The Bertz CT molecular complexity index is 1280. The summed E-state index contributed by atoms with van der Waals surface area (Å²) in [7, 11) is 0. The number of rotatable bonds is 6. The number of alkyl halides is 3. The number of hydrogen-bond acceptors (Lipinski definition) is 5. The number of carboxylic acids is 1. The summed E-state index contributed by atoms with van der Waals surface area (Å²) < 4.78 is 38.5. The number of carbonyl (C=O) groups excluding carboxylic acids is 2. The maximum absolute atomic E-state index is 12.8. The van der Waals surface area contributed by atoms with Gasteiger partial charge in [-0.1, -0.05) is 18.6 Å². The van der Waals surface area contributed by atoms with Gasteiger partial charge in [0, 0.05) is 35.1 Å². The number of pyridine rings is 2. The molecule has 11 heteroatoms. The predicted octanol–water partition coefficient (Wildman–Crippen LogP) is 5.49. The summed E-state index contributed by atoms with van der Waals surface area (Å²) >= 11 is 0. The lowest BCUT2D eigenvalue weighted by Crippen LogP contribution is -2.25. The van der Waals surface area contributed by atoms with Gasteiger partial charge in [-0.2, -0.15) is 13.2 Å². The fourth-order valence-corrected chi connectivity index (χ4v) is 4.16. The number of nitrogens with zero attached hydrogens (tertiary/aromatic N) is 2. The van der Waals surface area contributed by atoms with Crippen molar-refractivity contribution in [2.75, 3.05) is 10.6 Å². The van der Waals surface area contributed by atoms with Gasteiger partial charge in [0.2, 0.25) is 0 Å². The van der Waals surface area contributed by atoms with Crippen molar-refractivity contribution >= 4 is 29.3 Å². The van der Waals surface area contributed by atoms with E-state index in [-0.39, 0.29) is 23.0 Å².